The summed E-state index contributed by atoms with van der Waals surface area (Å²) >= 11 is 0. The number of halogens is 1. The molecule has 0 atom stereocenters. The Morgan fingerprint density at radius 3 is 3.00 bits per heavy atom. The average Bonchev–Trinajstić information content (AvgIpc) is 2.52. The molecule has 114 valence electrons. The molecule has 0 bridgehead atoms. The third-order valence-electron chi connectivity index (χ3n) is 3.69. The number of fused-ring (bicyclic) bond motifs is 1. The first-order valence-corrected chi connectivity index (χ1v) is 6.92. The van der Waals surface area contributed by atoms with Crippen LogP contribution in [0.15, 0.2) is 23.0 Å². The van der Waals surface area contributed by atoms with E-state index in [0.29, 0.717) is 35.3 Å². The molecule has 0 saturated heterocycles. The van der Waals surface area contributed by atoms with E-state index in [0.717, 1.165) is 19.0 Å². The fourth-order valence-corrected chi connectivity index (χ4v) is 2.62. The molecule has 0 fully saturated rings. The minimum Gasteiger partial charge on any atom is -0.478 e. The summed E-state index contributed by atoms with van der Waals surface area (Å²) in [6.07, 6.45) is 1.86. The molecule has 7 heteroatoms. The Bertz CT molecular complexity index is 801. The lowest BCUT2D eigenvalue weighted by molar-refractivity contribution is 0.0691. The minimum absolute atomic E-state index is 0.212. The van der Waals surface area contributed by atoms with Gasteiger partial charge < -0.3 is 10.4 Å². The van der Waals surface area contributed by atoms with Crippen LogP contribution < -0.4 is 10.9 Å². The number of nitrogens with one attached hydrogen (secondary N) is 2. The van der Waals surface area contributed by atoms with Gasteiger partial charge in [0, 0.05) is 18.5 Å². The molecule has 0 unspecified atom stereocenters. The number of H-pyrrole nitrogens is 1. The van der Waals surface area contributed by atoms with E-state index in [1.54, 1.807) is 0 Å². The van der Waals surface area contributed by atoms with Crippen LogP contribution in [-0.2, 0) is 12.8 Å². The maximum absolute atomic E-state index is 13.4. The molecule has 0 amide bonds. The molecular formula is C15H14FN3O3. The van der Waals surface area contributed by atoms with Crippen LogP contribution in [0, 0.1) is 5.82 Å². The molecular weight excluding hydrogens is 289 g/mol. The normalized spacial score (nSPS) is 13.3. The number of nitrogens with zero attached hydrogens (tertiary/aromatic N) is 1. The van der Waals surface area contributed by atoms with Crippen LogP contribution in [0.3, 0.4) is 0 Å². The monoisotopic (exact) mass is 303 g/mol. The lowest BCUT2D eigenvalue weighted by Gasteiger charge is -2.19. The fourth-order valence-electron chi connectivity index (χ4n) is 2.62. The number of aromatic carboxylic acids is 1. The third kappa shape index (κ3) is 2.57. The van der Waals surface area contributed by atoms with Crippen LogP contribution in [0.5, 0.6) is 0 Å². The first-order chi connectivity index (χ1) is 10.6. The summed E-state index contributed by atoms with van der Waals surface area (Å²) in [5.74, 6) is -2.08. The van der Waals surface area contributed by atoms with Crippen molar-refractivity contribution in [1.29, 1.82) is 0 Å². The van der Waals surface area contributed by atoms with Gasteiger partial charge in [0.1, 0.15) is 5.82 Å². The van der Waals surface area contributed by atoms with Gasteiger partial charge in [0.15, 0.2) is 0 Å². The highest BCUT2D eigenvalue weighted by atomic mass is 19.1. The number of benzene rings is 1. The second-order valence-corrected chi connectivity index (χ2v) is 5.18. The summed E-state index contributed by atoms with van der Waals surface area (Å²) in [7, 11) is 0. The topological polar surface area (TPSA) is 95.1 Å². The second-order valence-electron chi connectivity index (χ2n) is 5.18. The Hall–Kier alpha value is -2.70. The number of hydrogen-bond acceptors (Lipinski definition) is 4. The summed E-state index contributed by atoms with van der Waals surface area (Å²) in [6.45, 7) is 0.759. The Kier molecular flexibility index (Phi) is 3.62. The Morgan fingerprint density at radius 2 is 2.23 bits per heavy atom. The number of carboxylic acid groups (broad SMARTS) is 1. The standard InChI is InChI=1S/C15H14FN3O3/c16-11-4-3-8(6-10(11)15(21)22)7-12-13-9(2-1-5-17-13)14(20)19-18-12/h3-4,6,17H,1-2,5,7H2,(H,19,20)(H,21,22). The van der Waals surface area contributed by atoms with Crippen molar-refractivity contribution in [3.63, 3.8) is 0 Å². The van der Waals surface area contributed by atoms with Crippen molar-refractivity contribution in [3.05, 3.63) is 56.8 Å². The van der Waals surface area contributed by atoms with Crippen LogP contribution in [0.2, 0.25) is 0 Å². The maximum Gasteiger partial charge on any atom is 0.338 e. The van der Waals surface area contributed by atoms with Crippen molar-refractivity contribution < 1.29 is 14.3 Å². The number of aromatic nitrogens is 2. The largest absolute Gasteiger partial charge is 0.478 e. The van der Waals surface area contributed by atoms with Crippen LogP contribution in [-0.4, -0.2) is 27.8 Å². The molecule has 0 radical (unpaired) electrons. The van der Waals surface area contributed by atoms with Crippen molar-refractivity contribution in [3.8, 4) is 0 Å². The zero-order valence-electron chi connectivity index (χ0n) is 11.6. The van der Waals surface area contributed by atoms with Gasteiger partial charge in [0.2, 0.25) is 0 Å². The zero-order chi connectivity index (χ0) is 15.7. The summed E-state index contributed by atoms with van der Waals surface area (Å²) < 4.78 is 13.4. The third-order valence-corrected chi connectivity index (χ3v) is 3.69. The molecule has 1 aromatic carbocycles. The van der Waals surface area contributed by atoms with E-state index in [2.05, 4.69) is 15.5 Å². The van der Waals surface area contributed by atoms with E-state index in [9.17, 15) is 14.0 Å². The highest BCUT2D eigenvalue weighted by Gasteiger charge is 2.18. The number of carboxylic acids is 1. The molecule has 3 N–H and O–H groups in total. The van der Waals surface area contributed by atoms with Crippen LogP contribution in [0.4, 0.5) is 10.1 Å². The van der Waals surface area contributed by atoms with Crippen LogP contribution in [0.25, 0.3) is 0 Å². The van der Waals surface area contributed by atoms with Crippen LogP contribution in [0.1, 0.15) is 33.6 Å². The van der Waals surface area contributed by atoms with Crippen molar-refractivity contribution in [2.75, 3.05) is 11.9 Å². The molecule has 3 rings (SSSR count). The molecule has 0 aliphatic carbocycles. The molecule has 6 nitrogen and oxygen atoms in total. The average molecular weight is 303 g/mol. The van der Waals surface area contributed by atoms with E-state index in [1.165, 1.54) is 12.1 Å². The van der Waals surface area contributed by atoms with Gasteiger partial charge in [-0.2, -0.15) is 5.10 Å². The summed E-state index contributed by atoms with van der Waals surface area (Å²) in [5, 5.41) is 18.6. The molecule has 1 aliphatic rings. The van der Waals surface area contributed by atoms with Gasteiger partial charge in [0.25, 0.3) is 5.56 Å². The van der Waals surface area contributed by atoms with Gasteiger partial charge in [-0.15, -0.1) is 0 Å². The van der Waals surface area contributed by atoms with Gasteiger partial charge in [-0.05, 0) is 30.5 Å². The SMILES string of the molecule is O=C(O)c1cc(Cc2n[nH]c(=O)c3c2NCCC3)ccc1F. The first-order valence-electron chi connectivity index (χ1n) is 6.92. The minimum atomic E-state index is -1.31. The molecule has 0 spiro atoms. The van der Waals surface area contributed by atoms with Gasteiger partial charge in [-0.25, -0.2) is 14.3 Å². The van der Waals surface area contributed by atoms with E-state index in [-0.39, 0.29) is 11.1 Å². The highest BCUT2D eigenvalue weighted by Crippen LogP contribution is 2.24. The quantitative estimate of drug-likeness (QED) is 0.800. The lowest BCUT2D eigenvalue weighted by atomic mass is 10.00. The molecule has 1 aliphatic heterocycles. The maximum atomic E-state index is 13.4. The summed E-state index contributed by atoms with van der Waals surface area (Å²) in [4.78, 5) is 22.8. The summed E-state index contributed by atoms with van der Waals surface area (Å²) in [6, 6.07) is 3.94. The molecule has 22 heavy (non-hydrogen) atoms. The number of rotatable bonds is 3. The van der Waals surface area contributed by atoms with Gasteiger partial charge in [0.05, 0.1) is 16.9 Å². The first kappa shape index (κ1) is 14.2. The van der Waals surface area contributed by atoms with Gasteiger partial charge in [-0.1, -0.05) is 6.07 Å². The fraction of sp³-hybridized carbons (Fsp3) is 0.267. The number of carbonyl (C=O) groups is 1. The Morgan fingerprint density at radius 1 is 1.41 bits per heavy atom. The Labute approximate surface area is 125 Å². The zero-order valence-corrected chi connectivity index (χ0v) is 11.6. The lowest BCUT2D eigenvalue weighted by Crippen LogP contribution is -2.25. The highest BCUT2D eigenvalue weighted by molar-refractivity contribution is 5.88. The van der Waals surface area contributed by atoms with Crippen molar-refractivity contribution >= 4 is 11.7 Å². The van der Waals surface area contributed by atoms with E-state index in [4.69, 9.17) is 5.11 Å². The van der Waals surface area contributed by atoms with E-state index < -0.39 is 11.8 Å². The van der Waals surface area contributed by atoms with E-state index in [1.807, 2.05) is 0 Å². The van der Waals surface area contributed by atoms with Crippen molar-refractivity contribution in [1.82, 2.24) is 10.2 Å². The number of hydrogen-bond donors (Lipinski definition) is 3. The molecule has 2 heterocycles. The van der Waals surface area contributed by atoms with Crippen LogP contribution >= 0.6 is 0 Å². The molecule has 1 aromatic heterocycles. The smallest absolute Gasteiger partial charge is 0.338 e. The number of aromatic amines is 1. The molecule has 0 saturated carbocycles. The van der Waals surface area contributed by atoms with Gasteiger partial charge >= 0.3 is 5.97 Å². The summed E-state index contributed by atoms with van der Waals surface area (Å²) in [5.41, 5.74) is 2.03. The predicted octanol–water partition coefficient (Wildman–Crippen LogP) is 1.56. The van der Waals surface area contributed by atoms with Crippen molar-refractivity contribution in [2.24, 2.45) is 0 Å². The van der Waals surface area contributed by atoms with Gasteiger partial charge in [-0.3, -0.25) is 4.79 Å². The second kappa shape index (κ2) is 5.59. The van der Waals surface area contributed by atoms with Crippen molar-refractivity contribution in [2.45, 2.75) is 19.3 Å². The van der Waals surface area contributed by atoms with E-state index >= 15 is 0 Å². The number of anilines is 1. The Balaban J connectivity index is 1.99. The predicted molar refractivity (Wildman–Crippen MR) is 77.8 cm³/mol. The molecule has 2 aromatic rings.